The second-order valence-corrected chi connectivity index (χ2v) is 8.97. The lowest BCUT2D eigenvalue weighted by Gasteiger charge is -2.29. The second-order valence-electron chi connectivity index (χ2n) is 8.97. The second kappa shape index (κ2) is 11.7. The van der Waals surface area contributed by atoms with E-state index in [1.807, 2.05) is 63.2 Å². The van der Waals surface area contributed by atoms with Gasteiger partial charge in [0.05, 0.1) is 18.8 Å². The van der Waals surface area contributed by atoms with Crippen LogP contribution in [0.15, 0.2) is 60.1 Å². The Morgan fingerprint density at radius 1 is 1.06 bits per heavy atom. The first kappa shape index (κ1) is 25.3. The molecule has 4 rings (SSSR count). The number of hydrogen-bond acceptors (Lipinski definition) is 6. The monoisotopic (exact) mass is 489 g/mol. The van der Waals surface area contributed by atoms with Crippen molar-refractivity contribution in [2.45, 2.75) is 59.4 Å². The van der Waals surface area contributed by atoms with Gasteiger partial charge in [-0.2, -0.15) is 10.1 Å². The Morgan fingerprint density at radius 2 is 1.92 bits per heavy atom. The molecule has 0 radical (unpaired) electrons. The summed E-state index contributed by atoms with van der Waals surface area (Å²) in [7, 11) is 0. The summed E-state index contributed by atoms with van der Waals surface area (Å²) in [6, 6.07) is 13.1. The van der Waals surface area contributed by atoms with E-state index in [4.69, 9.17) is 9.47 Å². The zero-order valence-corrected chi connectivity index (χ0v) is 21.5. The van der Waals surface area contributed by atoms with Crippen molar-refractivity contribution >= 4 is 17.5 Å². The summed E-state index contributed by atoms with van der Waals surface area (Å²) in [6.45, 7) is 9.17. The first-order valence-corrected chi connectivity index (χ1v) is 12.7. The SMILES string of the molecule is CCCCCCOc1ccc(C2C(C(=O)Nc3cccc(C)c3)=C(C)Nc3ncnn32)cc1OCC. The van der Waals surface area contributed by atoms with Crippen LogP contribution in [-0.2, 0) is 4.79 Å². The third kappa shape index (κ3) is 5.70. The number of allylic oxidation sites excluding steroid dienone is 1. The number of rotatable bonds is 11. The molecule has 0 spiro atoms. The summed E-state index contributed by atoms with van der Waals surface area (Å²) in [5.41, 5.74) is 3.95. The summed E-state index contributed by atoms with van der Waals surface area (Å²) >= 11 is 0. The number of carbonyl (C=O) groups is 1. The van der Waals surface area contributed by atoms with Crippen LogP contribution in [0.25, 0.3) is 0 Å². The average Bonchev–Trinajstić information content (AvgIpc) is 3.32. The van der Waals surface area contributed by atoms with Gasteiger partial charge < -0.3 is 20.1 Å². The lowest BCUT2D eigenvalue weighted by molar-refractivity contribution is -0.113. The predicted molar refractivity (Wildman–Crippen MR) is 142 cm³/mol. The van der Waals surface area contributed by atoms with E-state index in [9.17, 15) is 4.79 Å². The van der Waals surface area contributed by atoms with E-state index in [1.54, 1.807) is 4.68 Å². The molecule has 8 heteroatoms. The van der Waals surface area contributed by atoms with Gasteiger partial charge in [-0.3, -0.25) is 4.79 Å². The molecule has 1 unspecified atom stereocenters. The molecule has 1 aliphatic rings. The number of carbonyl (C=O) groups excluding carboxylic acids is 1. The van der Waals surface area contributed by atoms with Gasteiger partial charge >= 0.3 is 0 Å². The maximum Gasteiger partial charge on any atom is 0.255 e. The van der Waals surface area contributed by atoms with E-state index < -0.39 is 6.04 Å². The van der Waals surface area contributed by atoms with Crippen LogP contribution in [0, 0.1) is 6.92 Å². The third-order valence-corrected chi connectivity index (χ3v) is 6.15. The molecule has 1 amide bonds. The highest BCUT2D eigenvalue weighted by Crippen LogP contribution is 2.39. The number of unbranched alkanes of at least 4 members (excludes halogenated alkanes) is 3. The van der Waals surface area contributed by atoms with E-state index in [2.05, 4.69) is 27.6 Å². The van der Waals surface area contributed by atoms with Gasteiger partial charge in [-0.15, -0.1) is 0 Å². The van der Waals surface area contributed by atoms with Crippen molar-refractivity contribution in [2.75, 3.05) is 23.8 Å². The van der Waals surface area contributed by atoms with Gasteiger partial charge in [0, 0.05) is 11.4 Å². The van der Waals surface area contributed by atoms with Crippen molar-refractivity contribution < 1.29 is 14.3 Å². The molecule has 2 heterocycles. The molecule has 0 fully saturated rings. The molecule has 1 aromatic heterocycles. The number of fused-ring (bicyclic) bond motifs is 1. The fraction of sp³-hybridized carbons (Fsp3) is 0.393. The van der Waals surface area contributed by atoms with Crippen molar-refractivity contribution in [3.8, 4) is 11.5 Å². The van der Waals surface area contributed by atoms with Crippen LogP contribution in [0.3, 0.4) is 0 Å². The predicted octanol–water partition coefficient (Wildman–Crippen LogP) is 5.87. The van der Waals surface area contributed by atoms with Crippen LogP contribution in [0.5, 0.6) is 11.5 Å². The lowest BCUT2D eigenvalue weighted by Crippen LogP contribution is -2.31. The highest BCUT2D eigenvalue weighted by atomic mass is 16.5. The standard InChI is InChI=1S/C28H35N5O3/c1-5-7-8-9-15-36-23-14-13-21(17-24(23)35-6-2)26-25(20(4)31-28-29-18-30-33(26)28)27(34)32-22-12-10-11-19(3)16-22/h10-14,16-18,26H,5-9,15H2,1-4H3,(H,32,34)(H,29,30,31). The number of anilines is 2. The quantitative estimate of drug-likeness (QED) is 0.327. The van der Waals surface area contributed by atoms with Crippen molar-refractivity contribution in [3.05, 3.63) is 71.2 Å². The number of amides is 1. The fourth-order valence-corrected chi connectivity index (χ4v) is 4.41. The number of hydrogen-bond donors (Lipinski definition) is 2. The fourth-order valence-electron chi connectivity index (χ4n) is 4.41. The maximum atomic E-state index is 13.6. The molecule has 2 aromatic carbocycles. The summed E-state index contributed by atoms with van der Waals surface area (Å²) in [5, 5.41) is 10.7. The molecule has 0 aliphatic carbocycles. The van der Waals surface area contributed by atoms with Gasteiger partial charge in [-0.1, -0.05) is 44.4 Å². The van der Waals surface area contributed by atoms with Crippen molar-refractivity contribution in [3.63, 3.8) is 0 Å². The van der Waals surface area contributed by atoms with E-state index in [-0.39, 0.29) is 5.91 Å². The lowest BCUT2D eigenvalue weighted by atomic mass is 9.94. The number of ether oxygens (including phenoxy) is 2. The molecule has 190 valence electrons. The maximum absolute atomic E-state index is 13.6. The minimum Gasteiger partial charge on any atom is -0.490 e. The Bertz CT molecular complexity index is 1230. The molecular formula is C28H35N5O3. The molecule has 8 nitrogen and oxygen atoms in total. The molecule has 2 N–H and O–H groups in total. The molecule has 0 bridgehead atoms. The Balaban J connectivity index is 1.66. The molecule has 3 aromatic rings. The third-order valence-electron chi connectivity index (χ3n) is 6.15. The Morgan fingerprint density at radius 3 is 2.69 bits per heavy atom. The normalized spacial score (nSPS) is 14.7. The summed E-state index contributed by atoms with van der Waals surface area (Å²) in [5.74, 6) is 1.74. The van der Waals surface area contributed by atoms with Crippen LogP contribution < -0.4 is 20.1 Å². The highest BCUT2D eigenvalue weighted by Gasteiger charge is 2.34. The van der Waals surface area contributed by atoms with Gasteiger partial charge in [0.1, 0.15) is 12.4 Å². The zero-order valence-electron chi connectivity index (χ0n) is 21.5. The largest absolute Gasteiger partial charge is 0.490 e. The Hall–Kier alpha value is -3.81. The molecule has 1 aliphatic heterocycles. The van der Waals surface area contributed by atoms with E-state index in [0.29, 0.717) is 36.2 Å². The van der Waals surface area contributed by atoms with Crippen LogP contribution in [0.4, 0.5) is 11.6 Å². The summed E-state index contributed by atoms with van der Waals surface area (Å²) in [4.78, 5) is 17.9. The number of nitrogens with zero attached hydrogens (tertiary/aromatic N) is 3. The molecule has 1 atom stereocenters. The molecule has 0 saturated carbocycles. The van der Waals surface area contributed by atoms with Gasteiger partial charge in [0.2, 0.25) is 5.95 Å². The number of benzene rings is 2. The van der Waals surface area contributed by atoms with Crippen molar-refractivity contribution in [2.24, 2.45) is 0 Å². The summed E-state index contributed by atoms with van der Waals surface area (Å²) < 4.78 is 13.7. The summed E-state index contributed by atoms with van der Waals surface area (Å²) in [6.07, 6.45) is 6.03. The van der Waals surface area contributed by atoms with Crippen molar-refractivity contribution in [1.82, 2.24) is 14.8 Å². The molecular weight excluding hydrogens is 454 g/mol. The minimum atomic E-state index is -0.480. The van der Waals surface area contributed by atoms with Crippen LogP contribution in [-0.4, -0.2) is 33.9 Å². The first-order chi connectivity index (χ1) is 17.5. The molecule has 36 heavy (non-hydrogen) atoms. The van der Waals surface area contributed by atoms with Gasteiger partial charge in [0.25, 0.3) is 5.91 Å². The Kier molecular flexibility index (Phi) is 8.25. The number of aryl methyl sites for hydroxylation is 1. The van der Waals surface area contributed by atoms with Gasteiger partial charge in [0.15, 0.2) is 11.5 Å². The Labute approximate surface area is 212 Å². The molecule has 0 saturated heterocycles. The zero-order chi connectivity index (χ0) is 25.5. The topological polar surface area (TPSA) is 90.3 Å². The highest BCUT2D eigenvalue weighted by molar-refractivity contribution is 6.06. The van der Waals surface area contributed by atoms with Crippen LogP contribution in [0.2, 0.25) is 0 Å². The van der Waals surface area contributed by atoms with E-state index in [1.165, 1.54) is 19.2 Å². The van der Waals surface area contributed by atoms with Crippen LogP contribution in [0.1, 0.15) is 63.6 Å². The van der Waals surface area contributed by atoms with E-state index in [0.717, 1.165) is 35.4 Å². The van der Waals surface area contributed by atoms with E-state index >= 15 is 0 Å². The van der Waals surface area contributed by atoms with Gasteiger partial charge in [-0.25, -0.2) is 4.68 Å². The minimum absolute atomic E-state index is 0.203. The number of aromatic nitrogens is 3. The smallest absolute Gasteiger partial charge is 0.255 e. The van der Waals surface area contributed by atoms with Crippen LogP contribution >= 0.6 is 0 Å². The number of nitrogens with one attached hydrogen (secondary N) is 2. The average molecular weight is 490 g/mol. The van der Waals surface area contributed by atoms with Crippen molar-refractivity contribution in [1.29, 1.82) is 0 Å². The first-order valence-electron chi connectivity index (χ1n) is 12.7. The van der Waals surface area contributed by atoms with Gasteiger partial charge in [-0.05, 0) is 62.6 Å².